The topological polar surface area (TPSA) is 75.4 Å². The smallest absolute Gasteiger partial charge is 0.227 e. The Morgan fingerprint density at radius 1 is 1.17 bits per heavy atom. The zero-order chi connectivity index (χ0) is 16.9. The van der Waals surface area contributed by atoms with Crippen LogP contribution >= 0.6 is 12.4 Å². The lowest BCUT2D eigenvalue weighted by atomic mass is 9.81. The monoisotopic (exact) mass is 350 g/mol. The summed E-state index contributed by atoms with van der Waals surface area (Å²) in [4.78, 5) is 12.4. The summed E-state index contributed by atoms with van der Waals surface area (Å²) in [6, 6.07) is 13.8. The largest absolute Gasteiger partial charge is 0.387 e. The summed E-state index contributed by atoms with van der Waals surface area (Å²) in [7, 11) is 0. The molecule has 0 aromatic heterocycles. The van der Waals surface area contributed by atoms with E-state index in [2.05, 4.69) is 5.32 Å². The van der Waals surface area contributed by atoms with E-state index in [4.69, 9.17) is 5.73 Å². The van der Waals surface area contributed by atoms with E-state index < -0.39 is 11.5 Å². The SMILES string of the molecule is CCC(CC)(CN)C(=O)NCC(O)c1ccc2ccccc2c1.Cl. The van der Waals surface area contributed by atoms with Crippen LogP contribution in [0.5, 0.6) is 0 Å². The molecule has 0 saturated heterocycles. The van der Waals surface area contributed by atoms with E-state index in [0.717, 1.165) is 16.3 Å². The Bertz CT molecular complexity index is 663. The average molecular weight is 351 g/mol. The maximum atomic E-state index is 12.4. The van der Waals surface area contributed by atoms with E-state index >= 15 is 0 Å². The number of hydrogen-bond donors (Lipinski definition) is 3. The Balaban J connectivity index is 0.00000288. The fourth-order valence-electron chi connectivity index (χ4n) is 2.86. The first-order valence-electron chi connectivity index (χ1n) is 8.21. The zero-order valence-corrected chi connectivity index (χ0v) is 15.1. The Morgan fingerprint density at radius 2 is 1.79 bits per heavy atom. The van der Waals surface area contributed by atoms with Crippen molar-refractivity contribution in [3.63, 3.8) is 0 Å². The number of fused-ring (bicyclic) bond motifs is 1. The van der Waals surface area contributed by atoms with Crippen LogP contribution < -0.4 is 11.1 Å². The van der Waals surface area contributed by atoms with Gasteiger partial charge in [0.1, 0.15) is 0 Å². The van der Waals surface area contributed by atoms with Crippen molar-refractivity contribution in [3.8, 4) is 0 Å². The van der Waals surface area contributed by atoms with Crippen molar-refractivity contribution in [2.45, 2.75) is 32.8 Å². The van der Waals surface area contributed by atoms with Gasteiger partial charge in [0, 0.05) is 13.1 Å². The predicted molar refractivity (Wildman–Crippen MR) is 101 cm³/mol. The van der Waals surface area contributed by atoms with Crippen LogP contribution in [0, 0.1) is 5.41 Å². The molecular weight excluding hydrogens is 324 g/mol. The quantitative estimate of drug-likeness (QED) is 0.717. The van der Waals surface area contributed by atoms with E-state index in [0.29, 0.717) is 19.4 Å². The molecule has 0 spiro atoms. The number of carbonyl (C=O) groups is 1. The molecule has 0 saturated carbocycles. The zero-order valence-electron chi connectivity index (χ0n) is 14.3. The molecule has 4 N–H and O–H groups in total. The van der Waals surface area contributed by atoms with Gasteiger partial charge in [-0.2, -0.15) is 0 Å². The third-order valence-electron chi connectivity index (χ3n) is 4.84. The molecule has 0 heterocycles. The maximum absolute atomic E-state index is 12.4. The van der Waals surface area contributed by atoms with Crippen molar-refractivity contribution in [2.75, 3.05) is 13.1 Å². The number of halogens is 1. The molecule has 0 aliphatic heterocycles. The normalized spacial score (nSPS) is 12.5. The molecule has 0 radical (unpaired) electrons. The number of aliphatic hydroxyl groups excluding tert-OH is 1. The van der Waals surface area contributed by atoms with Crippen LogP contribution in [0.4, 0.5) is 0 Å². The third-order valence-corrected chi connectivity index (χ3v) is 4.84. The van der Waals surface area contributed by atoms with Gasteiger partial charge >= 0.3 is 0 Å². The molecule has 132 valence electrons. The summed E-state index contributed by atoms with van der Waals surface area (Å²) in [5, 5.41) is 15.4. The summed E-state index contributed by atoms with van der Waals surface area (Å²) in [5.41, 5.74) is 6.05. The Kier molecular flexibility index (Phi) is 7.67. The molecule has 4 nitrogen and oxygen atoms in total. The number of aliphatic hydroxyl groups is 1. The minimum atomic E-state index is -0.729. The summed E-state index contributed by atoms with van der Waals surface area (Å²) < 4.78 is 0. The van der Waals surface area contributed by atoms with Gasteiger partial charge in [0.05, 0.1) is 11.5 Å². The van der Waals surface area contributed by atoms with Crippen molar-refractivity contribution in [2.24, 2.45) is 11.1 Å². The first kappa shape index (κ1) is 20.4. The van der Waals surface area contributed by atoms with E-state index in [9.17, 15) is 9.90 Å². The Hall–Kier alpha value is -1.62. The van der Waals surface area contributed by atoms with Gasteiger partial charge in [0.25, 0.3) is 0 Å². The van der Waals surface area contributed by atoms with Crippen LogP contribution in [0.1, 0.15) is 38.4 Å². The highest BCUT2D eigenvalue weighted by Gasteiger charge is 2.33. The van der Waals surface area contributed by atoms with Crippen LogP contribution in [-0.4, -0.2) is 24.1 Å². The molecule has 1 unspecified atom stereocenters. The molecule has 1 atom stereocenters. The molecule has 2 rings (SSSR count). The summed E-state index contributed by atoms with van der Waals surface area (Å²) in [5.74, 6) is -0.0789. The lowest BCUT2D eigenvalue weighted by molar-refractivity contribution is -0.131. The van der Waals surface area contributed by atoms with Gasteiger partial charge in [0.15, 0.2) is 0 Å². The number of amides is 1. The highest BCUT2D eigenvalue weighted by Crippen LogP contribution is 2.25. The van der Waals surface area contributed by atoms with Crippen LogP contribution in [0.15, 0.2) is 42.5 Å². The molecule has 0 aliphatic rings. The van der Waals surface area contributed by atoms with E-state index in [1.807, 2.05) is 56.3 Å². The first-order chi connectivity index (χ1) is 11.1. The third kappa shape index (κ3) is 4.26. The minimum Gasteiger partial charge on any atom is -0.387 e. The molecule has 2 aromatic carbocycles. The highest BCUT2D eigenvalue weighted by atomic mass is 35.5. The van der Waals surface area contributed by atoms with Gasteiger partial charge in [-0.05, 0) is 35.2 Å². The molecule has 5 heteroatoms. The minimum absolute atomic E-state index is 0. The van der Waals surface area contributed by atoms with Crippen molar-refractivity contribution in [1.82, 2.24) is 5.32 Å². The molecule has 0 fully saturated rings. The first-order valence-corrected chi connectivity index (χ1v) is 8.21. The number of nitrogens with two attached hydrogens (primary N) is 1. The van der Waals surface area contributed by atoms with Crippen molar-refractivity contribution < 1.29 is 9.90 Å². The van der Waals surface area contributed by atoms with Gasteiger partial charge in [-0.1, -0.05) is 50.2 Å². The molecule has 0 aliphatic carbocycles. The van der Waals surface area contributed by atoms with Crippen molar-refractivity contribution in [1.29, 1.82) is 0 Å². The lowest BCUT2D eigenvalue weighted by Gasteiger charge is -2.29. The number of rotatable bonds is 7. The highest BCUT2D eigenvalue weighted by molar-refractivity contribution is 5.85. The number of nitrogens with one attached hydrogen (secondary N) is 1. The second kappa shape index (κ2) is 9.02. The van der Waals surface area contributed by atoms with Crippen LogP contribution in [0.2, 0.25) is 0 Å². The number of carbonyl (C=O) groups excluding carboxylic acids is 1. The number of benzene rings is 2. The Labute approximate surface area is 149 Å². The molecule has 24 heavy (non-hydrogen) atoms. The summed E-state index contributed by atoms with van der Waals surface area (Å²) in [6.07, 6.45) is 0.656. The molecular formula is C19H27ClN2O2. The fraction of sp³-hybridized carbons (Fsp3) is 0.421. The molecule has 0 bridgehead atoms. The van der Waals surface area contributed by atoms with E-state index in [1.165, 1.54) is 0 Å². The van der Waals surface area contributed by atoms with Crippen LogP contribution in [-0.2, 0) is 4.79 Å². The molecule has 2 aromatic rings. The van der Waals surface area contributed by atoms with Crippen molar-refractivity contribution >= 4 is 29.1 Å². The van der Waals surface area contributed by atoms with Crippen LogP contribution in [0.25, 0.3) is 10.8 Å². The van der Waals surface area contributed by atoms with E-state index in [-0.39, 0.29) is 24.9 Å². The second-order valence-corrected chi connectivity index (χ2v) is 6.02. The lowest BCUT2D eigenvalue weighted by Crippen LogP contribution is -2.46. The van der Waals surface area contributed by atoms with Crippen molar-refractivity contribution in [3.05, 3.63) is 48.0 Å². The fourth-order valence-corrected chi connectivity index (χ4v) is 2.86. The van der Waals surface area contributed by atoms with Gasteiger partial charge in [-0.15, -0.1) is 12.4 Å². The Morgan fingerprint density at radius 3 is 2.38 bits per heavy atom. The standard InChI is InChI=1S/C19H26N2O2.ClH/c1-3-19(4-2,13-20)18(23)21-12-17(22)16-10-9-14-7-5-6-8-15(14)11-16;/h5-11,17,22H,3-4,12-13,20H2,1-2H3,(H,21,23);1H. The second-order valence-electron chi connectivity index (χ2n) is 6.02. The van der Waals surface area contributed by atoms with Gasteiger partial charge in [0.2, 0.25) is 5.91 Å². The predicted octanol–water partition coefficient (Wildman–Crippen LogP) is 3.18. The summed E-state index contributed by atoms with van der Waals surface area (Å²) in [6.45, 7) is 4.45. The van der Waals surface area contributed by atoms with E-state index in [1.54, 1.807) is 0 Å². The van der Waals surface area contributed by atoms with Crippen LogP contribution in [0.3, 0.4) is 0 Å². The molecule has 1 amide bonds. The van der Waals surface area contributed by atoms with Gasteiger partial charge < -0.3 is 16.2 Å². The van der Waals surface area contributed by atoms with Gasteiger partial charge in [-0.3, -0.25) is 4.79 Å². The average Bonchev–Trinajstić information content (AvgIpc) is 2.61. The van der Waals surface area contributed by atoms with Gasteiger partial charge in [-0.25, -0.2) is 0 Å². The number of hydrogen-bond acceptors (Lipinski definition) is 3. The summed E-state index contributed by atoms with van der Waals surface area (Å²) >= 11 is 0. The maximum Gasteiger partial charge on any atom is 0.227 e.